The molecule has 0 aromatic heterocycles. The molecule has 1 aliphatic carbocycles. The van der Waals surface area contributed by atoms with E-state index in [1.807, 2.05) is 28.0 Å². The van der Waals surface area contributed by atoms with Crippen LogP contribution in [-0.4, -0.2) is 61.1 Å². The van der Waals surface area contributed by atoms with E-state index >= 15 is 0 Å². The number of carbonyl (C=O) groups is 3. The van der Waals surface area contributed by atoms with E-state index < -0.39 is 18.0 Å². The Labute approximate surface area is 164 Å². The number of carbonyl (C=O) groups excluding carboxylic acids is 3. The number of anilines is 1. The summed E-state index contributed by atoms with van der Waals surface area (Å²) in [5.41, 5.74) is 0.753. The van der Waals surface area contributed by atoms with Crippen molar-refractivity contribution in [1.29, 1.82) is 0 Å². The van der Waals surface area contributed by atoms with Gasteiger partial charge in [0.25, 0.3) is 5.91 Å². The highest BCUT2D eigenvalue weighted by atomic mass is 16.5. The van der Waals surface area contributed by atoms with Crippen LogP contribution in [0, 0.1) is 0 Å². The maximum atomic E-state index is 12.9. The maximum absolute atomic E-state index is 12.9. The quantitative estimate of drug-likeness (QED) is 0.813. The van der Waals surface area contributed by atoms with Crippen LogP contribution >= 0.6 is 0 Å². The number of ether oxygens (including phenoxy) is 1. The molecule has 1 unspecified atom stereocenters. The molecular formula is C20H26N4O4. The van der Waals surface area contributed by atoms with Gasteiger partial charge in [0.2, 0.25) is 5.91 Å². The summed E-state index contributed by atoms with van der Waals surface area (Å²) in [6.07, 6.45) is 4.43. The minimum absolute atomic E-state index is 0.0117. The summed E-state index contributed by atoms with van der Waals surface area (Å²) in [5.74, 6) is 0.143. The van der Waals surface area contributed by atoms with E-state index in [9.17, 15) is 14.4 Å². The molecule has 8 nitrogen and oxygen atoms in total. The Morgan fingerprint density at radius 2 is 1.82 bits per heavy atom. The summed E-state index contributed by atoms with van der Waals surface area (Å²) in [6, 6.07) is 7.08. The van der Waals surface area contributed by atoms with Gasteiger partial charge in [-0.1, -0.05) is 12.1 Å². The summed E-state index contributed by atoms with van der Waals surface area (Å²) in [4.78, 5) is 40.8. The zero-order valence-electron chi connectivity index (χ0n) is 15.9. The number of nitrogens with zero attached hydrogens (tertiary/aromatic N) is 2. The topological polar surface area (TPSA) is 91.0 Å². The van der Waals surface area contributed by atoms with Gasteiger partial charge in [0.05, 0.1) is 18.8 Å². The van der Waals surface area contributed by atoms with Crippen LogP contribution < -0.4 is 20.3 Å². The minimum atomic E-state index is -0.652. The molecule has 1 aromatic rings. The van der Waals surface area contributed by atoms with Crippen LogP contribution in [0.15, 0.2) is 24.3 Å². The third kappa shape index (κ3) is 4.37. The molecule has 1 saturated carbocycles. The van der Waals surface area contributed by atoms with Crippen molar-refractivity contribution in [2.45, 2.75) is 44.2 Å². The van der Waals surface area contributed by atoms with E-state index in [1.54, 1.807) is 6.07 Å². The van der Waals surface area contributed by atoms with Gasteiger partial charge in [0.1, 0.15) is 5.75 Å². The third-order valence-electron chi connectivity index (χ3n) is 5.30. The first-order valence-corrected chi connectivity index (χ1v) is 10.00. The molecule has 1 aromatic carbocycles. The van der Waals surface area contributed by atoms with E-state index in [2.05, 4.69) is 10.6 Å². The number of likely N-dealkylation sites (tertiary alicyclic amines) is 1. The molecule has 3 aliphatic rings. The van der Waals surface area contributed by atoms with Gasteiger partial charge in [-0.25, -0.2) is 4.79 Å². The van der Waals surface area contributed by atoms with E-state index in [0.717, 1.165) is 50.9 Å². The number of piperidine rings is 1. The molecule has 150 valence electrons. The number of imide groups is 1. The van der Waals surface area contributed by atoms with Crippen LogP contribution in [0.25, 0.3) is 0 Å². The second kappa shape index (κ2) is 8.08. The molecule has 2 heterocycles. The predicted octanol–water partition coefficient (Wildman–Crippen LogP) is 1.25. The first-order valence-electron chi connectivity index (χ1n) is 10.00. The number of hydrogen-bond acceptors (Lipinski definition) is 5. The molecule has 4 rings (SSSR count). The molecule has 0 bridgehead atoms. The van der Waals surface area contributed by atoms with Crippen LogP contribution in [0.5, 0.6) is 5.75 Å². The number of rotatable bonds is 4. The van der Waals surface area contributed by atoms with Crippen molar-refractivity contribution in [2.24, 2.45) is 0 Å². The average Bonchev–Trinajstić information content (AvgIpc) is 3.51. The normalized spacial score (nSPS) is 21.4. The van der Waals surface area contributed by atoms with Gasteiger partial charge < -0.3 is 19.9 Å². The van der Waals surface area contributed by atoms with E-state index in [1.165, 1.54) is 0 Å². The Bertz CT molecular complexity index is 758. The second-order valence-corrected chi connectivity index (χ2v) is 7.64. The fourth-order valence-electron chi connectivity index (χ4n) is 3.69. The maximum Gasteiger partial charge on any atom is 0.321 e. The molecule has 2 N–H and O–H groups in total. The highest BCUT2D eigenvalue weighted by Crippen LogP contribution is 2.33. The lowest BCUT2D eigenvalue weighted by atomic mass is 10.1. The zero-order chi connectivity index (χ0) is 19.5. The lowest BCUT2D eigenvalue weighted by molar-refractivity contribution is -0.139. The van der Waals surface area contributed by atoms with Gasteiger partial charge in [-0.3, -0.25) is 14.9 Å². The first-order chi connectivity index (χ1) is 13.6. The Balaban J connectivity index is 1.43. The zero-order valence-corrected chi connectivity index (χ0v) is 15.9. The summed E-state index contributed by atoms with van der Waals surface area (Å²) in [7, 11) is 0. The Morgan fingerprint density at radius 3 is 2.57 bits per heavy atom. The summed E-state index contributed by atoms with van der Waals surface area (Å²) < 4.78 is 5.96. The summed E-state index contributed by atoms with van der Waals surface area (Å²) in [6.45, 7) is 1.77. The number of fused-ring (bicyclic) bond motifs is 1. The fourth-order valence-corrected chi connectivity index (χ4v) is 3.69. The molecule has 0 radical (unpaired) electrons. The highest BCUT2D eigenvalue weighted by molar-refractivity contribution is 5.97. The van der Waals surface area contributed by atoms with Crippen molar-refractivity contribution >= 4 is 23.5 Å². The van der Waals surface area contributed by atoms with Crippen molar-refractivity contribution in [1.82, 2.24) is 15.5 Å². The van der Waals surface area contributed by atoms with Gasteiger partial charge in [0.15, 0.2) is 6.10 Å². The smallest absolute Gasteiger partial charge is 0.321 e. The third-order valence-corrected chi connectivity index (χ3v) is 5.30. The van der Waals surface area contributed by atoms with E-state index in [-0.39, 0.29) is 25.0 Å². The fraction of sp³-hybridized carbons (Fsp3) is 0.550. The SMILES string of the molecule is O=C(CN1CC(C(=O)N2CCCCC2)Oc2ccccc21)NC(=O)NC1CC1. The number of nitrogens with one attached hydrogen (secondary N) is 2. The van der Waals surface area contributed by atoms with Gasteiger partial charge >= 0.3 is 6.03 Å². The molecule has 1 saturated heterocycles. The van der Waals surface area contributed by atoms with Crippen molar-refractivity contribution < 1.29 is 19.1 Å². The largest absolute Gasteiger partial charge is 0.477 e. The van der Waals surface area contributed by atoms with Crippen LogP contribution in [-0.2, 0) is 9.59 Å². The number of urea groups is 1. The minimum Gasteiger partial charge on any atom is -0.477 e. The molecule has 8 heteroatoms. The lowest BCUT2D eigenvalue weighted by Gasteiger charge is -2.38. The molecule has 1 atom stereocenters. The number of amides is 4. The average molecular weight is 386 g/mol. The van der Waals surface area contributed by atoms with Gasteiger partial charge in [-0.2, -0.15) is 0 Å². The Kier molecular flexibility index (Phi) is 5.36. The van der Waals surface area contributed by atoms with Crippen LogP contribution in [0.3, 0.4) is 0 Å². The Hall–Kier alpha value is -2.77. The number of benzene rings is 1. The van der Waals surface area contributed by atoms with Crippen molar-refractivity contribution in [2.75, 3.05) is 31.1 Å². The molecule has 2 aliphatic heterocycles. The lowest BCUT2D eigenvalue weighted by Crippen LogP contribution is -2.53. The molecular weight excluding hydrogens is 360 g/mol. The monoisotopic (exact) mass is 386 g/mol. The summed E-state index contributed by atoms with van der Waals surface area (Å²) in [5, 5.41) is 5.11. The highest BCUT2D eigenvalue weighted by Gasteiger charge is 2.34. The van der Waals surface area contributed by atoms with Crippen LogP contribution in [0.1, 0.15) is 32.1 Å². The molecule has 4 amide bonds. The van der Waals surface area contributed by atoms with E-state index in [4.69, 9.17) is 4.74 Å². The summed E-state index contributed by atoms with van der Waals surface area (Å²) >= 11 is 0. The van der Waals surface area contributed by atoms with Gasteiger partial charge in [-0.05, 0) is 44.2 Å². The first kappa shape index (κ1) is 18.6. The van der Waals surface area contributed by atoms with E-state index in [0.29, 0.717) is 5.75 Å². The van der Waals surface area contributed by atoms with Crippen LogP contribution in [0.4, 0.5) is 10.5 Å². The second-order valence-electron chi connectivity index (χ2n) is 7.64. The molecule has 2 fully saturated rings. The molecule has 0 spiro atoms. The number of hydrogen-bond donors (Lipinski definition) is 2. The van der Waals surface area contributed by atoms with Gasteiger partial charge in [-0.15, -0.1) is 0 Å². The van der Waals surface area contributed by atoms with Crippen LogP contribution in [0.2, 0.25) is 0 Å². The standard InChI is InChI=1S/C20H26N4O4/c25-18(22-20(27)21-14-8-9-14)13-24-12-17(19(26)23-10-4-1-5-11-23)28-16-7-3-2-6-15(16)24/h2-3,6-7,14,17H,1,4-5,8-13H2,(H2,21,22,25,27). The predicted molar refractivity (Wildman–Crippen MR) is 103 cm³/mol. The number of para-hydroxylation sites is 2. The Morgan fingerprint density at radius 1 is 1.07 bits per heavy atom. The van der Waals surface area contributed by atoms with Crippen molar-refractivity contribution in [3.8, 4) is 5.75 Å². The molecule has 28 heavy (non-hydrogen) atoms. The van der Waals surface area contributed by atoms with Crippen molar-refractivity contribution in [3.05, 3.63) is 24.3 Å². The van der Waals surface area contributed by atoms with Gasteiger partial charge in [0, 0.05) is 19.1 Å². The van der Waals surface area contributed by atoms with Crippen molar-refractivity contribution in [3.63, 3.8) is 0 Å².